The second-order valence-corrected chi connectivity index (χ2v) is 8.09. The number of hydrogen-bond donors (Lipinski definition) is 2. The lowest BCUT2D eigenvalue weighted by Gasteiger charge is -2.39. The molecule has 26 heavy (non-hydrogen) atoms. The van der Waals surface area contributed by atoms with E-state index in [0.717, 1.165) is 17.3 Å². The Morgan fingerprint density at radius 2 is 1.77 bits per heavy atom. The molecule has 2 aromatic rings. The zero-order chi connectivity index (χ0) is 17.9. The van der Waals surface area contributed by atoms with Gasteiger partial charge in [0.05, 0.1) is 0 Å². The maximum atomic E-state index is 5.56. The van der Waals surface area contributed by atoms with Crippen molar-refractivity contribution >= 4 is 23.0 Å². The van der Waals surface area contributed by atoms with Crippen LogP contribution in [-0.4, -0.2) is 28.1 Å². The van der Waals surface area contributed by atoms with Gasteiger partial charge in [-0.05, 0) is 68.1 Å². The topological polar surface area (TPSA) is 27.3 Å². The molecular weight excluding hydrogens is 338 g/mol. The molecule has 2 aromatic carbocycles. The Bertz CT molecular complexity index is 747. The molecule has 4 rings (SSSR count). The number of fused-ring (bicyclic) bond motifs is 2. The van der Waals surface area contributed by atoms with Gasteiger partial charge >= 0.3 is 0 Å². The smallest absolute Gasteiger partial charge is 0.170 e. The van der Waals surface area contributed by atoms with E-state index in [1.165, 1.54) is 36.8 Å². The molecule has 0 aliphatic carbocycles. The van der Waals surface area contributed by atoms with Crippen LogP contribution in [0.4, 0.5) is 5.69 Å². The van der Waals surface area contributed by atoms with Crippen LogP contribution < -0.4 is 10.6 Å². The Kier molecular flexibility index (Phi) is 5.23. The number of benzene rings is 2. The maximum Gasteiger partial charge on any atom is 0.170 e. The minimum atomic E-state index is 0.476. The Labute approximate surface area is 161 Å². The molecule has 3 nitrogen and oxygen atoms in total. The third-order valence-corrected chi connectivity index (χ3v) is 5.92. The normalized spacial score (nSPS) is 25.0. The first kappa shape index (κ1) is 17.5. The van der Waals surface area contributed by atoms with Crippen molar-refractivity contribution in [2.24, 2.45) is 0 Å². The van der Waals surface area contributed by atoms with E-state index in [1.54, 1.807) is 0 Å². The van der Waals surface area contributed by atoms with Gasteiger partial charge in [0.2, 0.25) is 0 Å². The molecule has 2 fully saturated rings. The fourth-order valence-corrected chi connectivity index (χ4v) is 4.80. The lowest BCUT2D eigenvalue weighted by molar-refractivity contribution is 0.115. The molecule has 136 valence electrons. The molecule has 2 aliphatic rings. The Morgan fingerprint density at radius 3 is 2.46 bits per heavy atom. The number of aryl methyl sites for hydroxylation is 1. The minimum absolute atomic E-state index is 0.476. The number of thiocarbonyl (C=S) groups is 1. The van der Waals surface area contributed by atoms with Crippen LogP contribution in [0.15, 0.2) is 54.6 Å². The molecule has 1 unspecified atom stereocenters. The summed E-state index contributed by atoms with van der Waals surface area (Å²) < 4.78 is 0. The van der Waals surface area contributed by atoms with E-state index in [2.05, 4.69) is 77.1 Å². The predicted molar refractivity (Wildman–Crippen MR) is 112 cm³/mol. The Morgan fingerprint density at radius 1 is 1.04 bits per heavy atom. The van der Waals surface area contributed by atoms with Crippen LogP contribution in [0, 0.1) is 6.92 Å². The molecule has 0 radical (unpaired) electrons. The van der Waals surface area contributed by atoms with Gasteiger partial charge in [-0.25, -0.2) is 0 Å². The molecule has 0 aromatic heterocycles. The first-order chi connectivity index (χ1) is 12.7. The van der Waals surface area contributed by atoms with Crippen molar-refractivity contribution in [3.05, 3.63) is 65.7 Å². The van der Waals surface area contributed by atoms with Gasteiger partial charge in [0.1, 0.15) is 0 Å². The van der Waals surface area contributed by atoms with Gasteiger partial charge in [0.25, 0.3) is 0 Å². The predicted octanol–water partition coefficient (Wildman–Crippen LogP) is 4.48. The molecule has 2 heterocycles. The third kappa shape index (κ3) is 4.08. The van der Waals surface area contributed by atoms with Gasteiger partial charge in [0.15, 0.2) is 5.11 Å². The Balaban J connectivity index is 1.33. The minimum Gasteiger partial charge on any atom is -0.360 e. The number of nitrogens with zero attached hydrogens (tertiary/aromatic N) is 1. The fraction of sp³-hybridized carbons (Fsp3) is 0.409. The van der Waals surface area contributed by atoms with Crippen molar-refractivity contribution < 1.29 is 0 Å². The van der Waals surface area contributed by atoms with Gasteiger partial charge in [0, 0.05) is 30.4 Å². The second kappa shape index (κ2) is 7.77. The van der Waals surface area contributed by atoms with Crippen LogP contribution in [0.25, 0.3) is 0 Å². The van der Waals surface area contributed by atoms with Crippen molar-refractivity contribution in [2.45, 2.75) is 57.3 Å². The van der Waals surface area contributed by atoms with Crippen LogP contribution in [0.1, 0.15) is 36.8 Å². The summed E-state index contributed by atoms with van der Waals surface area (Å²) in [6.45, 7) is 3.18. The maximum absolute atomic E-state index is 5.56. The van der Waals surface area contributed by atoms with E-state index in [0.29, 0.717) is 18.1 Å². The molecule has 0 spiro atoms. The van der Waals surface area contributed by atoms with Crippen molar-refractivity contribution in [3.8, 4) is 0 Å². The van der Waals surface area contributed by atoms with Gasteiger partial charge in [-0.1, -0.05) is 42.5 Å². The summed E-state index contributed by atoms with van der Waals surface area (Å²) in [5, 5.41) is 7.65. The number of hydrogen-bond acceptors (Lipinski definition) is 2. The van der Waals surface area contributed by atoms with E-state index < -0.39 is 0 Å². The number of rotatable bonds is 4. The largest absolute Gasteiger partial charge is 0.360 e. The lowest BCUT2D eigenvalue weighted by Crippen LogP contribution is -2.50. The van der Waals surface area contributed by atoms with E-state index in [-0.39, 0.29) is 0 Å². The highest BCUT2D eigenvalue weighted by Gasteiger charge is 2.40. The van der Waals surface area contributed by atoms with Crippen LogP contribution in [0.5, 0.6) is 0 Å². The highest BCUT2D eigenvalue weighted by atomic mass is 32.1. The SMILES string of the molecule is Cc1cccc(NC(=S)NC2C[C@H]3CC[C@@H](C2)N3Cc2ccccc2)c1. The zero-order valence-corrected chi connectivity index (χ0v) is 16.1. The van der Waals surface area contributed by atoms with E-state index in [4.69, 9.17) is 12.2 Å². The van der Waals surface area contributed by atoms with Gasteiger partial charge < -0.3 is 10.6 Å². The van der Waals surface area contributed by atoms with Crippen LogP contribution in [0.2, 0.25) is 0 Å². The Hall–Kier alpha value is -1.91. The summed E-state index contributed by atoms with van der Waals surface area (Å²) in [5.41, 5.74) is 3.73. The van der Waals surface area contributed by atoms with E-state index >= 15 is 0 Å². The average Bonchev–Trinajstić information content (AvgIpc) is 2.85. The van der Waals surface area contributed by atoms with E-state index in [9.17, 15) is 0 Å². The molecule has 2 aliphatic heterocycles. The van der Waals surface area contributed by atoms with Gasteiger partial charge in [-0.2, -0.15) is 0 Å². The van der Waals surface area contributed by atoms with Gasteiger partial charge in [-0.3, -0.25) is 4.90 Å². The summed E-state index contributed by atoms with van der Waals surface area (Å²) in [4.78, 5) is 2.71. The fourth-order valence-electron chi connectivity index (χ4n) is 4.52. The van der Waals surface area contributed by atoms with Crippen LogP contribution in [-0.2, 0) is 6.54 Å². The monoisotopic (exact) mass is 365 g/mol. The van der Waals surface area contributed by atoms with Crippen molar-refractivity contribution in [1.29, 1.82) is 0 Å². The number of nitrogens with one attached hydrogen (secondary N) is 2. The quantitative estimate of drug-likeness (QED) is 0.782. The van der Waals surface area contributed by atoms with Crippen molar-refractivity contribution in [1.82, 2.24) is 10.2 Å². The van der Waals surface area contributed by atoms with Crippen molar-refractivity contribution in [2.75, 3.05) is 5.32 Å². The number of piperidine rings is 1. The van der Waals surface area contributed by atoms with E-state index in [1.807, 2.05) is 0 Å². The lowest BCUT2D eigenvalue weighted by atomic mass is 9.96. The van der Waals surface area contributed by atoms with Crippen molar-refractivity contribution in [3.63, 3.8) is 0 Å². The molecule has 2 bridgehead atoms. The summed E-state index contributed by atoms with van der Waals surface area (Å²) in [6.07, 6.45) is 4.99. The first-order valence-electron chi connectivity index (χ1n) is 9.61. The average molecular weight is 366 g/mol. The highest BCUT2D eigenvalue weighted by Crippen LogP contribution is 2.36. The van der Waals surface area contributed by atoms with Crippen LogP contribution >= 0.6 is 12.2 Å². The molecular formula is C22H27N3S. The standard InChI is InChI=1S/C22H27N3S/c1-16-6-5-9-18(12-16)23-22(26)24-19-13-20-10-11-21(14-19)25(20)15-17-7-3-2-4-8-17/h2-9,12,19-21H,10-11,13-15H2,1H3,(H2,23,24,26)/t19?,20-,21+. The van der Waals surface area contributed by atoms with Crippen LogP contribution in [0.3, 0.4) is 0 Å². The summed E-state index contributed by atoms with van der Waals surface area (Å²) >= 11 is 5.56. The molecule has 2 saturated heterocycles. The highest BCUT2D eigenvalue weighted by molar-refractivity contribution is 7.80. The first-order valence-corrected chi connectivity index (χ1v) is 10.0. The molecule has 4 heteroatoms. The second-order valence-electron chi connectivity index (χ2n) is 7.68. The zero-order valence-electron chi connectivity index (χ0n) is 15.3. The summed E-state index contributed by atoms with van der Waals surface area (Å²) in [7, 11) is 0. The summed E-state index contributed by atoms with van der Waals surface area (Å²) in [6, 6.07) is 21.0. The summed E-state index contributed by atoms with van der Waals surface area (Å²) in [5.74, 6) is 0. The number of anilines is 1. The molecule has 0 amide bonds. The third-order valence-electron chi connectivity index (χ3n) is 5.70. The molecule has 0 saturated carbocycles. The molecule has 3 atom stereocenters. The van der Waals surface area contributed by atoms with Gasteiger partial charge in [-0.15, -0.1) is 0 Å². The molecule has 2 N–H and O–H groups in total.